The lowest BCUT2D eigenvalue weighted by Crippen LogP contribution is -2.07. The minimum atomic E-state index is 0. The molecule has 0 aliphatic rings. The van der Waals surface area contributed by atoms with Crippen LogP contribution >= 0.6 is 28.6 Å². The Labute approximate surface area is 86.6 Å². The van der Waals surface area contributed by atoms with Gasteiger partial charge in [0.05, 0.1) is 12.8 Å². The molecule has 0 amide bonds. The highest BCUT2D eigenvalue weighted by molar-refractivity contribution is 8.93. The van der Waals surface area contributed by atoms with Gasteiger partial charge >= 0.3 is 0 Å². The maximum absolute atomic E-state index is 5.84. The third kappa shape index (κ3) is 2.27. The molecule has 0 unspecified atom stereocenters. The lowest BCUT2D eigenvalue weighted by molar-refractivity contribution is 0.415. The maximum Gasteiger partial charge on any atom is 0.139 e. The molecule has 3 nitrogen and oxygen atoms in total. The van der Waals surface area contributed by atoms with Gasteiger partial charge in [0.2, 0.25) is 0 Å². The molecule has 0 saturated heterocycles. The number of hydrazine groups is 1. The first kappa shape index (κ1) is 11.6. The second-order valence-corrected chi connectivity index (χ2v) is 2.34. The molecule has 5 heteroatoms. The number of methoxy groups -OCH3 is 1. The summed E-state index contributed by atoms with van der Waals surface area (Å²) in [6, 6.07) is 5.34. The van der Waals surface area contributed by atoms with Crippen molar-refractivity contribution >= 4 is 34.3 Å². The summed E-state index contributed by atoms with van der Waals surface area (Å²) in [5.74, 6) is 5.80. The van der Waals surface area contributed by atoms with Crippen molar-refractivity contribution in [2.75, 3.05) is 12.5 Å². The van der Waals surface area contributed by atoms with Crippen LogP contribution in [-0.4, -0.2) is 7.11 Å². The van der Waals surface area contributed by atoms with Gasteiger partial charge in [-0.1, -0.05) is 17.7 Å². The number of nitrogens with one attached hydrogen (secondary N) is 1. The zero-order chi connectivity index (χ0) is 8.27. The van der Waals surface area contributed by atoms with Gasteiger partial charge in [-0.3, -0.25) is 5.84 Å². The van der Waals surface area contributed by atoms with Crippen LogP contribution in [-0.2, 0) is 0 Å². The zero-order valence-corrected chi connectivity index (χ0v) is 8.97. The van der Waals surface area contributed by atoms with Gasteiger partial charge in [0, 0.05) is 0 Å². The van der Waals surface area contributed by atoms with Crippen LogP contribution in [0.5, 0.6) is 5.75 Å². The molecule has 0 aliphatic heterocycles. The van der Waals surface area contributed by atoms with Gasteiger partial charge in [-0.25, -0.2) is 0 Å². The van der Waals surface area contributed by atoms with Crippen LogP contribution in [0.3, 0.4) is 0 Å². The first-order valence-electron chi connectivity index (χ1n) is 3.08. The van der Waals surface area contributed by atoms with Crippen molar-refractivity contribution in [2.24, 2.45) is 5.84 Å². The summed E-state index contributed by atoms with van der Waals surface area (Å²) in [4.78, 5) is 0. The largest absolute Gasteiger partial charge is 0.495 e. The van der Waals surface area contributed by atoms with Crippen molar-refractivity contribution in [2.45, 2.75) is 0 Å². The van der Waals surface area contributed by atoms with E-state index in [4.69, 9.17) is 22.2 Å². The number of halogens is 2. The molecule has 0 atom stereocenters. The Balaban J connectivity index is 0.00000121. The Morgan fingerprint density at radius 3 is 2.67 bits per heavy atom. The Bertz CT molecular complexity index is 235. The smallest absolute Gasteiger partial charge is 0.139 e. The molecule has 68 valence electrons. The first-order chi connectivity index (χ1) is 5.29. The predicted octanol–water partition coefficient (Wildman–Crippen LogP) is 2.21. The first-order valence-corrected chi connectivity index (χ1v) is 3.46. The minimum Gasteiger partial charge on any atom is -0.495 e. The van der Waals surface area contributed by atoms with Crippen molar-refractivity contribution in [3.63, 3.8) is 0 Å². The molecular formula is C7H10BrClN2O. The summed E-state index contributed by atoms with van der Waals surface area (Å²) in [6.45, 7) is 0. The number of ether oxygens (including phenoxy) is 1. The Hall–Kier alpha value is -0.450. The molecule has 3 N–H and O–H groups in total. The SMILES string of the molecule is Br.COc1cccc(NN)c1Cl. The average molecular weight is 254 g/mol. The number of hydrogen-bond donors (Lipinski definition) is 2. The minimum absolute atomic E-state index is 0. The molecule has 0 fully saturated rings. The number of anilines is 1. The topological polar surface area (TPSA) is 47.3 Å². The fraction of sp³-hybridized carbons (Fsp3) is 0.143. The highest BCUT2D eigenvalue weighted by Gasteiger charge is 2.03. The van der Waals surface area contributed by atoms with Gasteiger partial charge in [0.1, 0.15) is 10.8 Å². The lowest BCUT2D eigenvalue weighted by atomic mass is 10.3. The van der Waals surface area contributed by atoms with Crippen LogP contribution in [0.2, 0.25) is 5.02 Å². The molecule has 0 saturated carbocycles. The summed E-state index contributed by atoms with van der Waals surface area (Å²) in [5, 5.41) is 0.498. The van der Waals surface area contributed by atoms with Crippen molar-refractivity contribution in [1.29, 1.82) is 0 Å². The second kappa shape index (κ2) is 5.24. The molecule has 0 aromatic heterocycles. The molecule has 1 aromatic rings. The quantitative estimate of drug-likeness (QED) is 0.627. The summed E-state index contributed by atoms with van der Waals surface area (Å²) < 4.78 is 4.96. The van der Waals surface area contributed by atoms with Crippen LogP contribution in [0.4, 0.5) is 5.69 Å². The number of rotatable bonds is 2. The van der Waals surface area contributed by atoms with Crippen LogP contribution in [0.1, 0.15) is 0 Å². The van der Waals surface area contributed by atoms with Gasteiger partial charge in [0.25, 0.3) is 0 Å². The van der Waals surface area contributed by atoms with Crippen LogP contribution in [0.15, 0.2) is 18.2 Å². The van der Waals surface area contributed by atoms with E-state index in [2.05, 4.69) is 5.43 Å². The molecule has 0 spiro atoms. The molecule has 0 aliphatic carbocycles. The fourth-order valence-electron chi connectivity index (χ4n) is 0.780. The molecular weight excluding hydrogens is 243 g/mol. The van der Waals surface area contributed by atoms with E-state index in [9.17, 15) is 0 Å². The molecule has 0 heterocycles. The van der Waals surface area contributed by atoms with E-state index in [0.717, 1.165) is 0 Å². The zero-order valence-electron chi connectivity index (χ0n) is 6.50. The molecule has 0 bridgehead atoms. The Morgan fingerprint density at radius 1 is 1.50 bits per heavy atom. The van der Waals surface area contributed by atoms with Gasteiger partial charge in [-0.2, -0.15) is 0 Å². The Morgan fingerprint density at radius 2 is 2.17 bits per heavy atom. The lowest BCUT2D eigenvalue weighted by Gasteiger charge is -2.06. The summed E-state index contributed by atoms with van der Waals surface area (Å²) in [7, 11) is 1.56. The Kier molecular flexibility index (Phi) is 5.04. The summed E-state index contributed by atoms with van der Waals surface area (Å²) in [5.41, 5.74) is 3.12. The molecule has 12 heavy (non-hydrogen) atoms. The highest BCUT2D eigenvalue weighted by Crippen LogP contribution is 2.30. The van der Waals surface area contributed by atoms with E-state index in [1.54, 1.807) is 25.3 Å². The van der Waals surface area contributed by atoms with Crippen LogP contribution < -0.4 is 16.0 Å². The fourth-order valence-corrected chi connectivity index (χ4v) is 1.04. The molecule has 0 radical (unpaired) electrons. The summed E-state index contributed by atoms with van der Waals surface area (Å²) >= 11 is 5.84. The van der Waals surface area contributed by atoms with Gasteiger partial charge < -0.3 is 10.2 Å². The number of hydrogen-bond acceptors (Lipinski definition) is 3. The van der Waals surface area contributed by atoms with Crippen molar-refractivity contribution in [3.8, 4) is 5.75 Å². The van der Waals surface area contributed by atoms with E-state index in [0.29, 0.717) is 16.5 Å². The van der Waals surface area contributed by atoms with E-state index in [1.807, 2.05) is 0 Å². The van der Waals surface area contributed by atoms with Gasteiger partial charge in [-0.15, -0.1) is 17.0 Å². The second-order valence-electron chi connectivity index (χ2n) is 1.97. The average Bonchev–Trinajstić information content (AvgIpc) is 2.05. The third-order valence-electron chi connectivity index (χ3n) is 1.34. The van der Waals surface area contributed by atoms with Crippen LogP contribution in [0, 0.1) is 0 Å². The predicted molar refractivity (Wildman–Crippen MR) is 56.1 cm³/mol. The van der Waals surface area contributed by atoms with Crippen molar-refractivity contribution in [3.05, 3.63) is 23.2 Å². The molecule has 1 rings (SSSR count). The van der Waals surface area contributed by atoms with Gasteiger partial charge in [0.15, 0.2) is 0 Å². The highest BCUT2D eigenvalue weighted by atomic mass is 79.9. The van der Waals surface area contributed by atoms with E-state index >= 15 is 0 Å². The van der Waals surface area contributed by atoms with E-state index in [-0.39, 0.29) is 17.0 Å². The number of nitrogens with two attached hydrogens (primary N) is 1. The number of benzene rings is 1. The third-order valence-corrected chi connectivity index (χ3v) is 1.73. The molecule has 1 aromatic carbocycles. The van der Waals surface area contributed by atoms with Gasteiger partial charge in [-0.05, 0) is 12.1 Å². The summed E-state index contributed by atoms with van der Waals surface area (Å²) in [6.07, 6.45) is 0. The standard InChI is InChI=1S/C7H9ClN2O.BrH/c1-11-6-4-2-3-5(10-9)7(6)8;/h2-4,10H,9H2,1H3;1H. The maximum atomic E-state index is 5.84. The number of nitrogen functional groups attached to an aromatic ring is 1. The normalized spacial score (nSPS) is 8.58. The van der Waals surface area contributed by atoms with Crippen molar-refractivity contribution in [1.82, 2.24) is 0 Å². The van der Waals surface area contributed by atoms with Crippen molar-refractivity contribution < 1.29 is 4.74 Å². The van der Waals surface area contributed by atoms with Crippen LogP contribution in [0.25, 0.3) is 0 Å². The monoisotopic (exact) mass is 252 g/mol. The van der Waals surface area contributed by atoms with E-state index in [1.165, 1.54) is 0 Å². The van der Waals surface area contributed by atoms with E-state index < -0.39 is 0 Å².